The van der Waals surface area contributed by atoms with E-state index in [0.29, 0.717) is 12.8 Å². The van der Waals surface area contributed by atoms with Crippen molar-refractivity contribution < 1.29 is 89.4 Å². The van der Waals surface area contributed by atoms with E-state index in [1.807, 2.05) is 6.08 Å². The van der Waals surface area contributed by atoms with Crippen molar-refractivity contribution in [3.8, 4) is 0 Å². The molecule has 3 aliphatic heterocycles. The summed E-state index contributed by atoms with van der Waals surface area (Å²) in [5.41, 5.74) is 0. The fourth-order valence-corrected chi connectivity index (χ4v) is 13.0. The van der Waals surface area contributed by atoms with Crippen LogP contribution in [0.15, 0.2) is 170 Å². The van der Waals surface area contributed by atoms with Crippen LogP contribution in [0, 0.1) is 0 Å². The van der Waals surface area contributed by atoms with Crippen LogP contribution in [0.25, 0.3) is 0 Å². The molecule has 0 bridgehead atoms. The number of carbonyl (C=O) groups is 1. The molecule has 3 rings (SSSR count). The van der Waals surface area contributed by atoms with Gasteiger partial charge in [0.05, 0.1) is 38.6 Å². The first-order valence-electron chi connectivity index (χ1n) is 42.4. The molecule has 3 heterocycles. The molecule has 3 aliphatic rings. The maximum absolute atomic E-state index is 13.5. The average Bonchev–Trinajstić information content (AvgIpc) is 0.782. The third kappa shape index (κ3) is 47.1. The predicted octanol–water partition coefficient (Wildman–Crippen LogP) is 15.3. The fraction of sp³-hybridized carbons (Fsp3) is 0.681. The first-order chi connectivity index (χ1) is 53.8. The highest BCUT2D eigenvalue weighted by Crippen LogP contribution is 2.33. The Kier molecular flexibility index (Phi) is 61.9. The summed E-state index contributed by atoms with van der Waals surface area (Å²) < 4.78 is 34.4. The van der Waals surface area contributed by atoms with E-state index in [9.17, 15) is 61.0 Å². The first-order valence-corrected chi connectivity index (χ1v) is 42.4. The van der Waals surface area contributed by atoms with Crippen LogP contribution in [0.3, 0.4) is 0 Å². The lowest BCUT2D eigenvalue weighted by Crippen LogP contribution is -2.66. The number of nitrogens with one attached hydrogen (secondary N) is 1. The zero-order valence-corrected chi connectivity index (χ0v) is 67.2. The minimum Gasteiger partial charge on any atom is -0.394 e. The highest BCUT2D eigenvalue weighted by atomic mass is 16.8. The van der Waals surface area contributed by atoms with E-state index < -0.39 is 124 Å². The molecule has 0 spiro atoms. The molecule has 3 fully saturated rings. The Hall–Kier alpha value is -4.85. The van der Waals surface area contributed by atoms with Gasteiger partial charge in [0.2, 0.25) is 5.91 Å². The van der Waals surface area contributed by atoms with E-state index >= 15 is 0 Å². The van der Waals surface area contributed by atoms with Gasteiger partial charge in [-0.1, -0.05) is 300 Å². The Balaban J connectivity index is 1.37. The molecule has 19 nitrogen and oxygen atoms in total. The van der Waals surface area contributed by atoms with Crippen LogP contribution >= 0.6 is 0 Å². The molecular formula is C91H149NO18. The smallest absolute Gasteiger partial charge is 0.220 e. The van der Waals surface area contributed by atoms with Crippen molar-refractivity contribution in [3.63, 3.8) is 0 Å². The first kappa shape index (κ1) is 99.3. The van der Waals surface area contributed by atoms with E-state index in [4.69, 9.17) is 28.4 Å². The van der Waals surface area contributed by atoms with Gasteiger partial charge in [0.15, 0.2) is 18.9 Å². The Labute approximate surface area is 662 Å². The number of ether oxygens (including phenoxy) is 6. The number of amides is 1. The summed E-state index contributed by atoms with van der Waals surface area (Å²) in [6.07, 6.45) is 76.2. The average molecular weight is 1550 g/mol. The number of unbranched alkanes of at least 4 members (excludes halogenated alkanes) is 23. The molecule has 110 heavy (non-hydrogen) atoms. The minimum absolute atomic E-state index is 0.208. The summed E-state index contributed by atoms with van der Waals surface area (Å²) in [4.78, 5) is 13.5. The molecule has 12 N–H and O–H groups in total. The van der Waals surface area contributed by atoms with Crippen LogP contribution in [0.1, 0.15) is 264 Å². The maximum atomic E-state index is 13.5. The second kappa shape index (κ2) is 68.5. The van der Waals surface area contributed by atoms with Crippen LogP contribution < -0.4 is 5.32 Å². The predicted molar refractivity (Wildman–Crippen MR) is 442 cm³/mol. The van der Waals surface area contributed by atoms with Gasteiger partial charge in [0.1, 0.15) is 73.2 Å². The summed E-state index contributed by atoms with van der Waals surface area (Å²) in [5, 5.41) is 121. The molecule has 0 aromatic heterocycles. The highest BCUT2D eigenvalue weighted by Gasteiger charge is 2.54. The largest absolute Gasteiger partial charge is 0.394 e. The number of rotatable bonds is 65. The van der Waals surface area contributed by atoms with Crippen molar-refractivity contribution in [3.05, 3.63) is 170 Å². The minimum atomic E-state index is -1.99. The molecule has 626 valence electrons. The van der Waals surface area contributed by atoms with Crippen molar-refractivity contribution >= 4 is 5.91 Å². The topological polar surface area (TPSA) is 307 Å². The van der Waals surface area contributed by atoms with Gasteiger partial charge in [-0.25, -0.2) is 0 Å². The monoisotopic (exact) mass is 1540 g/mol. The maximum Gasteiger partial charge on any atom is 0.220 e. The van der Waals surface area contributed by atoms with Gasteiger partial charge in [-0.15, -0.1) is 0 Å². The summed E-state index contributed by atoms with van der Waals surface area (Å²) in [7, 11) is 0. The van der Waals surface area contributed by atoms with E-state index in [-0.39, 0.29) is 18.9 Å². The molecule has 19 heteroatoms. The van der Waals surface area contributed by atoms with Crippen molar-refractivity contribution in [2.45, 2.75) is 369 Å². The zero-order valence-electron chi connectivity index (χ0n) is 67.2. The van der Waals surface area contributed by atoms with Crippen LogP contribution in [-0.4, -0.2) is 193 Å². The Morgan fingerprint density at radius 1 is 0.336 bits per heavy atom. The van der Waals surface area contributed by atoms with Crippen LogP contribution in [-0.2, 0) is 33.2 Å². The standard InChI is InChI=1S/C91H149NO18/c1-3-5-7-9-11-13-15-17-19-21-23-25-27-29-30-31-32-33-34-35-36-37-38-39-40-41-42-43-44-45-47-49-51-53-55-57-59-61-63-65-67-69-79(97)92-74(75(96)68-66-64-62-60-58-56-54-52-50-48-46-28-26-24-22-20-18-16-14-12-10-8-6-4-2)73-105-89-85(103)82(100)87(77(71-94)107-89)110-91-86(104)83(101)88(78(72-95)108-91)109-90-84(102)81(99)80(98)76(70-93)106-90/h5,7,11,13,17,19,23,25,29-30,32-33,35-36,38-39,41-42,44-45,49-52,58,60,66,68,74-78,80-91,93-96,98-104H,3-4,6,8-10,12,14-16,18,20-22,24,26-28,31,34,37,40,43,46-48,53-57,59,61-65,67,69-73H2,1-2H3,(H,92,97)/b7-5-,13-11-,19-17-,25-23-,30-29-,33-32-,36-35-,39-38-,42-41-,45-44-,51-49-,52-50+,60-58+,68-66+. The number of aliphatic hydroxyl groups excluding tert-OH is 11. The van der Waals surface area contributed by atoms with Crippen molar-refractivity contribution in [2.24, 2.45) is 0 Å². The summed E-state index contributed by atoms with van der Waals surface area (Å²) >= 11 is 0. The lowest BCUT2D eigenvalue weighted by Gasteiger charge is -2.48. The van der Waals surface area contributed by atoms with Gasteiger partial charge in [-0.05, 0) is 128 Å². The fourth-order valence-electron chi connectivity index (χ4n) is 13.0. The van der Waals surface area contributed by atoms with Gasteiger partial charge < -0.3 is 89.9 Å². The molecule has 0 aromatic rings. The second-order valence-corrected chi connectivity index (χ2v) is 29.2. The van der Waals surface area contributed by atoms with Crippen LogP contribution in [0.5, 0.6) is 0 Å². The zero-order chi connectivity index (χ0) is 79.5. The number of aliphatic hydroxyl groups is 11. The molecule has 17 atom stereocenters. The molecule has 0 saturated carbocycles. The summed E-state index contributed by atoms with van der Waals surface area (Å²) in [6, 6.07) is -1.02. The number of carbonyl (C=O) groups excluding carboxylic acids is 1. The van der Waals surface area contributed by atoms with Gasteiger partial charge in [0, 0.05) is 6.42 Å². The summed E-state index contributed by atoms with van der Waals surface area (Å²) in [6.45, 7) is 1.59. The Morgan fingerprint density at radius 3 is 1.02 bits per heavy atom. The number of hydrogen-bond acceptors (Lipinski definition) is 18. The van der Waals surface area contributed by atoms with Crippen molar-refractivity contribution in [2.75, 3.05) is 26.4 Å². The lowest BCUT2D eigenvalue weighted by atomic mass is 9.96. The van der Waals surface area contributed by atoms with E-state index in [1.165, 1.54) is 89.9 Å². The van der Waals surface area contributed by atoms with Gasteiger partial charge in [0.25, 0.3) is 0 Å². The van der Waals surface area contributed by atoms with E-state index in [1.54, 1.807) is 6.08 Å². The number of allylic oxidation sites excluding steroid dienone is 27. The second-order valence-electron chi connectivity index (χ2n) is 29.2. The van der Waals surface area contributed by atoms with Crippen LogP contribution in [0.2, 0.25) is 0 Å². The van der Waals surface area contributed by atoms with E-state index in [2.05, 4.69) is 177 Å². The Morgan fingerprint density at radius 2 is 0.636 bits per heavy atom. The van der Waals surface area contributed by atoms with Crippen LogP contribution in [0.4, 0.5) is 0 Å². The molecule has 0 aromatic carbocycles. The molecular weight excluding hydrogens is 1390 g/mol. The summed E-state index contributed by atoms with van der Waals surface area (Å²) in [5.74, 6) is -0.306. The third-order valence-electron chi connectivity index (χ3n) is 19.7. The van der Waals surface area contributed by atoms with Crippen molar-refractivity contribution in [1.29, 1.82) is 0 Å². The van der Waals surface area contributed by atoms with Gasteiger partial charge >= 0.3 is 0 Å². The lowest BCUT2D eigenvalue weighted by molar-refractivity contribution is -0.379. The third-order valence-corrected chi connectivity index (χ3v) is 19.7. The van der Waals surface area contributed by atoms with Crippen molar-refractivity contribution in [1.82, 2.24) is 5.32 Å². The molecule has 0 radical (unpaired) electrons. The number of hydrogen-bond donors (Lipinski definition) is 12. The molecule has 3 saturated heterocycles. The SMILES string of the molecule is CC/C=C\C/C=C\C/C=C\C/C=C\C/C=C\C/C=C\C/C=C\C/C=C\C/C=C\C/C=C\C/C=C\CCCCCCCCCC(=O)NC(COC1OC(CO)C(OC2OC(CO)C(OC3OC(CO)C(O)C(O)C3O)C(O)C2O)C(O)C1O)C(O)/C=C/CC/C=C/CC/C=C/CCCCCCCCCCCCCCCC. The molecule has 17 unspecified atom stereocenters. The normalized spacial score (nSPS) is 26.1. The molecule has 1 amide bonds. The van der Waals surface area contributed by atoms with Gasteiger partial charge in [-0.2, -0.15) is 0 Å². The van der Waals surface area contributed by atoms with E-state index in [0.717, 1.165) is 141 Å². The molecule has 0 aliphatic carbocycles. The Bertz CT molecular complexity index is 2660. The quantitative estimate of drug-likeness (QED) is 0.0199. The van der Waals surface area contributed by atoms with Gasteiger partial charge in [-0.3, -0.25) is 4.79 Å². The highest BCUT2D eigenvalue weighted by molar-refractivity contribution is 5.76.